The number of rotatable bonds is 8. The summed E-state index contributed by atoms with van der Waals surface area (Å²) in [7, 11) is 0. The Balaban J connectivity index is 2.26. The summed E-state index contributed by atoms with van der Waals surface area (Å²) in [6.45, 7) is 10.8. The Morgan fingerprint density at radius 3 is 2.54 bits per heavy atom. The number of nitrogens with one attached hydrogen (secondary N) is 1. The lowest BCUT2D eigenvalue weighted by molar-refractivity contribution is -0.119. The molecule has 0 heterocycles. The average Bonchev–Trinajstić information content (AvgIpc) is 2.61. The Kier molecular flexibility index (Phi) is 7.30. The molecule has 1 N–H and O–H groups in total. The highest BCUT2D eigenvalue weighted by Gasteiger charge is 2.28. The van der Waals surface area contributed by atoms with Gasteiger partial charge < -0.3 is 5.32 Å². The first-order valence-electron chi connectivity index (χ1n) is 8.87. The zero-order chi connectivity index (χ0) is 20.7. The summed E-state index contributed by atoms with van der Waals surface area (Å²) in [6, 6.07) is 14.4. The van der Waals surface area contributed by atoms with Crippen molar-refractivity contribution in [2.75, 3.05) is 0 Å². The molecule has 2 aromatic rings. The Morgan fingerprint density at radius 1 is 1.25 bits per heavy atom. The summed E-state index contributed by atoms with van der Waals surface area (Å²) in [4.78, 5) is 16.5. The van der Waals surface area contributed by atoms with Gasteiger partial charge in [0.05, 0.1) is 0 Å². The lowest BCUT2D eigenvalue weighted by atomic mass is 9.89. The van der Waals surface area contributed by atoms with Crippen molar-refractivity contribution in [3.05, 3.63) is 82.7 Å². The molecule has 5 heteroatoms. The van der Waals surface area contributed by atoms with Gasteiger partial charge in [0, 0.05) is 28.1 Å². The fraction of sp³-hybridized carbons (Fsp3) is 0.217. The predicted octanol–water partition coefficient (Wildman–Crippen LogP) is 5.82. The van der Waals surface area contributed by atoms with Crippen LogP contribution in [0.4, 0.5) is 10.1 Å². The van der Waals surface area contributed by atoms with Gasteiger partial charge in [-0.1, -0.05) is 60.6 Å². The molecule has 0 aliphatic rings. The van der Waals surface area contributed by atoms with Crippen molar-refractivity contribution in [2.45, 2.75) is 32.2 Å². The van der Waals surface area contributed by atoms with Crippen LogP contribution in [0, 0.1) is 5.82 Å². The van der Waals surface area contributed by atoms with Gasteiger partial charge in [0.1, 0.15) is 11.5 Å². The average molecular weight is 399 g/mol. The molecular weight excluding hydrogens is 375 g/mol. The van der Waals surface area contributed by atoms with Gasteiger partial charge in [-0.05, 0) is 44.7 Å². The van der Waals surface area contributed by atoms with Crippen molar-refractivity contribution < 1.29 is 9.18 Å². The van der Waals surface area contributed by atoms with Crippen molar-refractivity contribution in [3.63, 3.8) is 0 Å². The van der Waals surface area contributed by atoms with Gasteiger partial charge in [-0.2, -0.15) is 0 Å². The van der Waals surface area contributed by atoms with E-state index >= 15 is 0 Å². The molecule has 0 unspecified atom stereocenters. The lowest BCUT2D eigenvalue weighted by Gasteiger charge is -2.31. The number of aliphatic imine (C=N–C) groups is 1. The maximum Gasteiger partial charge on any atom is 0.247 e. The first-order chi connectivity index (χ1) is 13.2. The molecule has 28 heavy (non-hydrogen) atoms. The number of nitrogens with zero attached hydrogens (tertiary/aromatic N) is 1. The Bertz CT molecular complexity index is 908. The van der Waals surface area contributed by atoms with Crippen LogP contribution in [0.2, 0.25) is 0 Å². The Hall–Kier alpha value is -2.72. The SMILES string of the molecule is C=Nc1c(F)cccc1/C=C(\C)C(=O)N[C@](C)(CC(=C)Cl)Cc1ccccc1. The van der Waals surface area contributed by atoms with E-state index in [4.69, 9.17) is 11.6 Å². The molecule has 0 saturated carbocycles. The van der Waals surface area contributed by atoms with Crippen molar-refractivity contribution >= 4 is 36.0 Å². The summed E-state index contributed by atoms with van der Waals surface area (Å²) in [5.74, 6) is -0.750. The number of carbonyl (C=O) groups excluding carboxylic acids is 1. The quantitative estimate of drug-likeness (QED) is 0.441. The Labute approximate surface area is 170 Å². The van der Waals surface area contributed by atoms with Crippen molar-refractivity contribution in [3.8, 4) is 0 Å². The molecule has 0 aromatic heterocycles. The number of benzene rings is 2. The van der Waals surface area contributed by atoms with Crippen LogP contribution in [-0.4, -0.2) is 18.2 Å². The first kappa shape index (κ1) is 21.6. The fourth-order valence-corrected chi connectivity index (χ4v) is 3.40. The topological polar surface area (TPSA) is 41.5 Å². The maximum atomic E-state index is 13.9. The smallest absolute Gasteiger partial charge is 0.247 e. The molecule has 0 aliphatic heterocycles. The minimum absolute atomic E-state index is 0.121. The van der Waals surface area contributed by atoms with Crippen LogP contribution in [0.25, 0.3) is 6.08 Å². The zero-order valence-corrected chi connectivity index (χ0v) is 16.9. The third-order valence-corrected chi connectivity index (χ3v) is 4.47. The summed E-state index contributed by atoms with van der Waals surface area (Å²) >= 11 is 6.06. The number of amides is 1. The molecule has 2 aromatic carbocycles. The molecule has 146 valence electrons. The first-order valence-corrected chi connectivity index (χ1v) is 9.25. The van der Waals surface area contributed by atoms with Gasteiger partial charge in [0.25, 0.3) is 0 Å². The summed E-state index contributed by atoms with van der Waals surface area (Å²) in [6.07, 6.45) is 2.61. The van der Waals surface area contributed by atoms with Crippen LogP contribution in [0.1, 0.15) is 31.4 Å². The standard InChI is InChI=1S/C23H24ClFN2O/c1-16(13-19-11-8-12-20(25)21(19)26-4)22(28)27-23(3,14-17(2)24)15-18-9-6-5-7-10-18/h5-13H,2,4,14-15H2,1,3H3,(H,27,28)/b16-13+/t23-/m1/s1. The normalized spacial score (nSPS) is 13.5. The predicted molar refractivity (Wildman–Crippen MR) is 116 cm³/mol. The van der Waals surface area contributed by atoms with E-state index in [9.17, 15) is 9.18 Å². The van der Waals surface area contributed by atoms with Crippen molar-refractivity contribution in [1.82, 2.24) is 5.32 Å². The second-order valence-corrected chi connectivity index (χ2v) is 7.57. The highest BCUT2D eigenvalue weighted by Crippen LogP contribution is 2.26. The van der Waals surface area contributed by atoms with E-state index in [0.717, 1.165) is 5.56 Å². The van der Waals surface area contributed by atoms with E-state index in [2.05, 4.69) is 23.6 Å². The van der Waals surface area contributed by atoms with Gasteiger partial charge in [-0.25, -0.2) is 4.39 Å². The monoisotopic (exact) mass is 398 g/mol. The summed E-state index contributed by atoms with van der Waals surface area (Å²) in [5, 5.41) is 3.51. The largest absolute Gasteiger partial charge is 0.346 e. The second-order valence-electron chi connectivity index (χ2n) is 7.03. The molecule has 2 rings (SSSR count). The van der Waals surface area contributed by atoms with E-state index in [1.807, 2.05) is 37.3 Å². The van der Waals surface area contributed by atoms with E-state index in [-0.39, 0.29) is 11.6 Å². The van der Waals surface area contributed by atoms with Gasteiger partial charge in [0.2, 0.25) is 5.91 Å². The highest BCUT2D eigenvalue weighted by atomic mass is 35.5. The van der Waals surface area contributed by atoms with Crippen LogP contribution in [0.3, 0.4) is 0 Å². The van der Waals surface area contributed by atoms with Gasteiger partial charge in [0.15, 0.2) is 0 Å². The molecule has 0 bridgehead atoms. The van der Waals surface area contributed by atoms with E-state index in [0.29, 0.717) is 29.0 Å². The molecule has 0 saturated heterocycles. The molecule has 0 radical (unpaired) electrons. The maximum absolute atomic E-state index is 13.9. The van der Waals surface area contributed by atoms with Crippen LogP contribution >= 0.6 is 11.6 Å². The molecule has 3 nitrogen and oxygen atoms in total. The van der Waals surface area contributed by atoms with Crippen LogP contribution in [0.5, 0.6) is 0 Å². The minimum atomic E-state index is -0.617. The summed E-state index contributed by atoms with van der Waals surface area (Å²) in [5.41, 5.74) is 1.50. The molecule has 0 spiro atoms. The van der Waals surface area contributed by atoms with Gasteiger partial charge in [-0.15, -0.1) is 0 Å². The summed E-state index contributed by atoms with van der Waals surface area (Å²) < 4.78 is 13.9. The third kappa shape index (κ3) is 5.89. The van der Waals surface area contributed by atoms with Crippen LogP contribution < -0.4 is 5.32 Å². The lowest BCUT2D eigenvalue weighted by Crippen LogP contribution is -2.48. The highest BCUT2D eigenvalue weighted by molar-refractivity contribution is 6.29. The Morgan fingerprint density at radius 2 is 1.93 bits per heavy atom. The van der Waals surface area contributed by atoms with E-state index < -0.39 is 11.4 Å². The van der Waals surface area contributed by atoms with Crippen molar-refractivity contribution in [1.29, 1.82) is 0 Å². The van der Waals surface area contributed by atoms with Crippen LogP contribution in [-0.2, 0) is 11.2 Å². The van der Waals surface area contributed by atoms with Gasteiger partial charge in [-0.3, -0.25) is 9.79 Å². The fourth-order valence-electron chi connectivity index (χ4n) is 3.11. The number of hydrogen-bond acceptors (Lipinski definition) is 2. The second kappa shape index (κ2) is 9.47. The minimum Gasteiger partial charge on any atom is -0.346 e. The molecule has 1 atom stereocenters. The molecule has 1 amide bonds. The third-order valence-electron chi connectivity index (χ3n) is 4.34. The van der Waals surface area contributed by atoms with E-state index in [1.165, 1.54) is 6.07 Å². The van der Waals surface area contributed by atoms with Crippen LogP contribution in [0.15, 0.2) is 70.7 Å². The number of hydrogen-bond donors (Lipinski definition) is 1. The number of halogens is 2. The molecular formula is C23H24ClFN2O. The van der Waals surface area contributed by atoms with Gasteiger partial charge >= 0.3 is 0 Å². The number of carbonyl (C=O) groups is 1. The zero-order valence-electron chi connectivity index (χ0n) is 16.1. The number of para-hydroxylation sites is 1. The molecule has 0 fully saturated rings. The van der Waals surface area contributed by atoms with Crippen molar-refractivity contribution in [2.24, 2.45) is 4.99 Å². The van der Waals surface area contributed by atoms with E-state index in [1.54, 1.807) is 25.1 Å². The molecule has 0 aliphatic carbocycles.